The standard InChI is InChI=1S/C15H24O/c1-10(2)12-7-9-15(4)8-5-6-11(3)13(15)14(12)16/h6,10,12-13H,5,7-9H2,1-4H3/t12-,13?,15+/m0/s1. The maximum atomic E-state index is 12.6. The van der Waals surface area contributed by atoms with E-state index in [9.17, 15) is 4.79 Å². The minimum atomic E-state index is 0.224. The lowest BCUT2D eigenvalue weighted by Gasteiger charge is -2.47. The van der Waals surface area contributed by atoms with E-state index in [1.54, 1.807) is 0 Å². The van der Waals surface area contributed by atoms with Gasteiger partial charge in [0.2, 0.25) is 0 Å². The van der Waals surface area contributed by atoms with Crippen molar-refractivity contribution in [2.24, 2.45) is 23.2 Å². The Morgan fingerprint density at radius 2 is 2.06 bits per heavy atom. The molecule has 0 aromatic carbocycles. The zero-order valence-electron chi connectivity index (χ0n) is 11.0. The number of carbonyl (C=O) groups excluding carboxylic acids is 1. The van der Waals surface area contributed by atoms with Gasteiger partial charge in [-0.3, -0.25) is 4.79 Å². The summed E-state index contributed by atoms with van der Waals surface area (Å²) in [4.78, 5) is 12.6. The third-order valence-corrected chi connectivity index (χ3v) is 4.82. The Kier molecular flexibility index (Phi) is 2.98. The fourth-order valence-electron chi connectivity index (χ4n) is 3.78. The van der Waals surface area contributed by atoms with Crippen molar-refractivity contribution in [3.8, 4) is 0 Å². The monoisotopic (exact) mass is 220 g/mol. The minimum Gasteiger partial charge on any atom is -0.299 e. The average molecular weight is 220 g/mol. The predicted octanol–water partition coefficient (Wildman–Crippen LogP) is 3.98. The van der Waals surface area contributed by atoms with E-state index < -0.39 is 0 Å². The molecule has 2 aliphatic carbocycles. The van der Waals surface area contributed by atoms with E-state index in [0.717, 1.165) is 6.42 Å². The van der Waals surface area contributed by atoms with E-state index in [-0.39, 0.29) is 11.3 Å². The van der Waals surface area contributed by atoms with Gasteiger partial charge in [-0.1, -0.05) is 32.4 Å². The van der Waals surface area contributed by atoms with Crippen LogP contribution in [-0.4, -0.2) is 5.78 Å². The van der Waals surface area contributed by atoms with Crippen LogP contribution in [0.5, 0.6) is 0 Å². The van der Waals surface area contributed by atoms with Crippen molar-refractivity contribution in [3.63, 3.8) is 0 Å². The molecule has 2 aliphatic rings. The molecular weight excluding hydrogens is 196 g/mol. The van der Waals surface area contributed by atoms with Crippen LogP contribution in [0.15, 0.2) is 11.6 Å². The molecule has 0 aromatic heterocycles. The molecule has 0 heterocycles. The zero-order chi connectivity index (χ0) is 11.9. The Bertz CT molecular complexity index is 326. The number of carbonyl (C=O) groups is 1. The molecule has 0 saturated heterocycles. The number of allylic oxidation sites excluding steroid dienone is 2. The third-order valence-electron chi connectivity index (χ3n) is 4.82. The van der Waals surface area contributed by atoms with E-state index in [1.807, 2.05) is 0 Å². The van der Waals surface area contributed by atoms with Crippen molar-refractivity contribution >= 4 is 5.78 Å². The molecule has 0 aromatic rings. The van der Waals surface area contributed by atoms with Crippen LogP contribution < -0.4 is 0 Å². The molecule has 1 heteroatoms. The number of fused-ring (bicyclic) bond motifs is 1. The summed E-state index contributed by atoms with van der Waals surface area (Å²) in [5.74, 6) is 1.56. The number of hydrogen-bond acceptors (Lipinski definition) is 1. The largest absolute Gasteiger partial charge is 0.299 e. The van der Waals surface area contributed by atoms with Crippen LogP contribution in [0.1, 0.15) is 53.4 Å². The highest BCUT2D eigenvalue weighted by Gasteiger charge is 2.47. The van der Waals surface area contributed by atoms with Crippen LogP contribution >= 0.6 is 0 Å². The number of rotatable bonds is 1. The topological polar surface area (TPSA) is 17.1 Å². The molecule has 2 rings (SSSR count). The predicted molar refractivity (Wildman–Crippen MR) is 67.2 cm³/mol. The molecule has 1 unspecified atom stereocenters. The lowest BCUT2D eigenvalue weighted by Crippen LogP contribution is -2.45. The summed E-state index contributed by atoms with van der Waals surface area (Å²) >= 11 is 0. The molecule has 3 atom stereocenters. The quantitative estimate of drug-likeness (QED) is 0.611. The first-order chi connectivity index (χ1) is 7.46. The third kappa shape index (κ3) is 1.74. The van der Waals surface area contributed by atoms with Crippen molar-refractivity contribution in [3.05, 3.63) is 11.6 Å². The van der Waals surface area contributed by atoms with Gasteiger partial charge in [0.15, 0.2) is 0 Å². The van der Waals surface area contributed by atoms with Crippen molar-refractivity contribution in [1.82, 2.24) is 0 Å². The fourth-order valence-corrected chi connectivity index (χ4v) is 3.78. The molecule has 0 N–H and O–H groups in total. The molecule has 0 bridgehead atoms. The lowest BCUT2D eigenvalue weighted by molar-refractivity contribution is -0.135. The van der Waals surface area contributed by atoms with Gasteiger partial charge >= 0.3 is 0 Å². The van der Waals surface area contributed by atoms with Crippen LogP contribution in [0.25, 0.3) is 0 Å². The molecule has 0 radical (unpaired) electrons. The number of hydrogen-bond donors (Lipinski definition) is 0. The van der Waals surface area contributed by atoms with Crippen molar-refractivity contribution < 1.29 is 4.79 Å². The van der Waals surface area contributed by atoms with E-state index >= 15 is 0 Å². The SMILES string of the molecule is CC1=CCC[C@]2(C)CC[C@@H](C(C)C)C(=O)C12. The first-order valence-corrected chi connectivity index (χ1v) is 6.66. The minimum absolute atomic E-state index is 0.224. The Labute approximate surface area is 99.3 Å². The summed E-state index contributed by atoms with van der Waals surface area (Å²) in [6.45, 7) is 8.85. The molecular formula is C15H24O. The van der Waals surface area contributed by atoms with Crippen LogP contribution in [-0.2, 0) is 4.79 Å². The second kappa shape index (κ2) is 4.01. The second-order valence-electron chi connectivity index (χ2n) is 6.37. The Morgan fingerprint density at radius 3 is 2.69 bits per heavy atom. The highest BCUT2D eigenvalue weighted by molar-refractivity contribution is 5.88. The fraction of sp³-hybridized carbons (Fsp3) is 0.800. The van der Waals surface area contributed by atoms with Crippen molar-refractivity contribution in [1.29, 1.82) is 0 Å². The van der Waals surface area contributed by atoms with Gasteiger partial charge in [0, 0.05) is 11.8 Å². The first-order valence-electron chi connectivity index (χ1n) is 6.66. The van der Waals surface area contributed by atoms with E-state index in [4.69, 9.17) is 0 Å². The van der Waals surface area contributed by atoms with Crippen LogP contribution in [0.3, 0.4) is 0 Å². The number of Topliss-reactive ketones (excluding diaryl/α,β-unsaturated/α-hetero) is 1. The van der Waals surface area contributed by atoms with Crippen molar-refractivity contribution in [2.75, 3.05) is 0 Å². The highest BCUT2D eigenvalue weighted by atomic mass is 16.1. The lowest BCUT2D eigenvalue weighted by atomic mass is 9.56. The smallest absolute Gasteiger partial charge is 0.143 e. The van der Waals surface area contributed by atoms with Gasteiger partial charge < -0.3 is 0 Å². The van der Waals surface area contributed by atoms with Crippen LogP contribution in [0.4, 0.5) is 0 Å². The number of ketones is 1. The Hall–Kier alpha value is -0.590. The molecule has 0 amide bonds. The molecule has 1 nitrogen and oxygen atoms in total. The Balaban J connectivity index is 2.31. The molecule has 0 aliphatic heterocycles. The Morgan fingerprint density at radius 1 is 1.38 bits per heavy atom. The summed E-state index contributed by atoms with van der Waals surface area (Å²) in [6.07, 6.45) is 6.99. The van der Waals surface area contributed by atoms with Gasteiger partial charge in [-0.15, -0.1) is 0 Å². The van der Waals surface area contributed by atoms with E-state index in [0.29, 0.717) is 17.6 Å². The summed E-state index contributed by atoms with van der Waals surface area (Å²) in [5, 5.41) is 0. The summed E-state index contributed by atoms with van der Waals surface area (Å²) < 4.78 is 0. The molecule has 16 heavy (non-hydrogen) atoms. The van der Waals surface area contributed by atoms with Crippen LogP contribution in [0.2, 0.25) is 0 Å². The summed E-state index contributed by atoms with van der Waals surface area (Å²) in [5.41, 5.74) is 1.60. The van der Waals surface area contributed by atoms with Crippen LogP contribution in [0, 0.1) is 23.2 Å². The molecule has 0 spiro atoms. The van der Waals surface area contributed by atoms with Gasteiger partial charge in [0.1, 0.15) is 5.78 Å². The van der Waals surface area contributed by atoms with Gasteiger partial charge in [0.25, 0.3) is 0 Å². The maximum absolute atomic E-state index is 12.6. The summed E-state index contributed by atoms with van der Waals surface area (Å²) in [6, 6.07) is 0. The normalized spacial score (nSPS) is 39.6. The highest BCUT2D eigenvalue weighted by Crippen LogP contribution is 2.51. The van der Waals surface area contributed by atoms with Gasteiger partial charge in [-0.05, 0) is 43.9 Å². The first kappa shape index (κ1) is 11.9. The van der Waals surface area contributed by atoms with Gasteiger partial charge in [-0.25, -0.2) is 0 Å². The molecule has 1 fully saturated rings. The molecule has 1 saturated carbocycles. The van der Waals surface area contributed by atoms with E-state index in [1.165, 1.54) is 24.8 Å². The average Bonchev–Trinajstić information content (AvgIpc) is 2.16. The van der Waals surface area contributed by atoms with Gasteiger partial charge in [0.05, 0.1) is 0 Å². The summed E-state index contributed by atoms with van der Waals surface area (Å²) in [7, 11) is 0. The van der Waals surface area contributed by atoms with Crippen molar-refractivity contribution in [2.45, 2.75) is 53.4 Å². The second-order valence-corrected chi connectivity index (χ2v) is 6.37. The zero-order valence-corrected chi connectivity index (χ0v) is 11.0. The molecule has 90 valence electrons. The van der Waals surface area contributed by atoms with E-state index in [2.05, 4.69) is 33.8 Å². The maximum Gasteiger partial charge on any atom is 0.143 e. The van der Waals surface area contributed by atoms with Gasteiger partial charge in [-0.2, -0.15) is 0 Å².